The maximum absolute atomic E-state index is 14.7. The minimum atomic E-state index is -1.28. The highest BCUT2D eigenvalue weighted by molar-refractivity contribution is 6.10. The molecule has 0 aromatic heterocycles. The van der Waals surface area contributed by atoms with Gasteiger partial charge in [0.05, 0.1) is 38.5 Å². The van der Waals surface area contributed by atoms with E-state index in [1.165, 1.54) is 19.8 Å². The molecule has 2 aliphatic rings. The minimum Gasteiger partial charge on any atom is -0.497 e. The van der Waals surface area contributed by atoms with Crippen molar-refractivity contribution in [3.8, 4) is 5.75 Å². The van der Waals surface area contributed by atoms with E-state index >= 15 is 0 Å². The Morgan fingerprint density at radius 3 is 2.04 bits per heavy atom. The van der Waals surface area contributed by atoms with Gasteiger partial charge in [-0.2, -0.15) is 0 Å². The van der Waals surface area contributed by atoms with Crippen molar-refractivity contribution in [2.75, 3.05) is 26.2 Å². The van der Waals surface area contributed by atoms with E-state index in [9.17, 15) is 14.4 Å². The van der Waals surface area contributed by atoms with Crippen molar-refractivity contribution in [1.82, 2.24) is 0 Å². The van der Waals surface area contributed by atoms with Gasteiger partial charge < -0.3 is 23.8 Å². The van der Waals surface area contributed by atoms with Crippen LogP contribution in [0, 0.1) is 11.8 Å². The van der Waals surface area contributed by atoms with Gasteiger partial charge in [-0.1, -0.05) is 87.9 Å². The van der Waals surface area contributed by atoms with Crippen molar-refractivity contribution in [3.63, 3.8) is 0 Å². The molecule has 3 aromatic carbocycles. The number of esters is 3. The number of para-hydroxylation sites is 1. The number of ether oxygens (including phenoxy) is 4. The zero-order chi connectivity index (χ0) is 33.0. The standard InChI is InChI=1S/C38H43NO7/c1-24-20-21-29(38(2,3)26-15-9-7-10-16-26)30(22-24)46-37(42)34-32(36(41)45-6)31(35(40)44-5)33(25-14-13-19-28(23-25)43-4)39(34)27-17-11-8-12-18-27/h7-19,23-24,29-30,33-34H,20-22H2,1-6H3/t24-,29-,30-,33?,34?/m1/s1. The van der Waals surface area contributed by atoms with Crippen molar-refractivity contribution < 1.29 is 33.3 Å². The van der Waals surface area contributed by atoms with E-state index in [4.69, 9.17) is 18.9 Å². The Bertz CT molecular complexity index is 1580. The molecule has 5 atom stereocenters. The van der Waals surface area contributed by atoms with Gasteiger partial charge in [0.25, 0.3) is 0 Å². The van der Waals surface area contributed by atoms with Crippen molar-refractivity contribution in [3.05, 3.63) is 107 Å². The molecule has 8 heteroatoms. The summed E-state index contributed by atoms with van der Waals surface area (Å²) in [5.41, 5.74) is 2.06. The molecule has 1 aliphatic carbocycles. The Labute approximate surface area is 271 Å². The lowest BCUT2D eigenvalue weighted by Crippen LogP contribution is -2.48. The molecule has 46 heavy (non-hydrogen) atoms. The highest BCUT2D eigenvalue weighted by Gasteiger charge is 2.53. The third-order valence-corrected chi connectivity index (χ3v) is 9.66. The number of rotatable bonds is 9. The maximum Gasteiger partial charge on any atom is 0.337 e. The number of nitrogens with zero attached hydrogens (tertiary/aromatic N) is 1. The number of benzene rings is 3. The van der Waals surface area contributed by atoms with E-state index in [1.54, 1.807) is 30.2 Å². The molecule has 0 radical (unpaired) electrons. The molecule has 1 saturated carbocycles. The van der Waals surface area contributed by atoms with E-state index < -0.39 is 36.1 Å². The van der Waals surface area contributed by atoms with Crippen LogP contribution in [0.5, 0.6) is 5.75 Å². The monoisotopic (exact) mass is 625 g/mol. The van der Waals surface area contributed by atoms with Crippen molar-refractivity contribution in [1.29, 1.82) is 0 Å². The summed E-state index contributed by atoms with van der Waals surface area (Å²) in [6, 6.07) is 24.6. The molecule has 3 aromatic rings. The first-order valence-corrected chi connectivity index (χ1v) is 15.8. The summed E-state index contributed by atoms with van der Waals surface area (Å²) in [5, 5.41) is 0. The summed E-state index contributed by atoms with van der Waals surface area (Å²) in [6.07, 6.45) is 2.17. The first kappa shape index (κ1) is 32.8. The fraction of sp³-hybridized carbons (Fsp3) is 0.395. The van der Waals surface area contributed by atoms with E-state index in [0.717, 1.165) is 12.8 Å². The predicted molar refractivity (Wildman–Crippen MR) is 175 cm³/mol. The van der Waals surface area contributed by atoms with Crippen molar-refractivity contribution >= 4 is 23.6 Å². The number of carbonyl (C=O) groups is 3. The number of hydrogen-bond donors (Lipinski definition) is 0. The van der Waals surface area contributed by atoms with Gasteiger partial charge in [0.1, 0.15) is 11.9 Å². The van der Waals surface area contributed by atoms with Gasteiger partial charge in [0.2, 0.25) is 0 Å². The Morgan fingerprint density at radius 1 is 0.783 bits per heavy atom. The highest BCUT2D eigenvalue weighted by atomic mass is 16.6. The van der Waals surface area contributed by atoms with E-state index in [-0.39, 0.29) is 22.5 Å². The van der Waals surface area contributed by atoms with E-state index in [2.05, 4.69) is 32.9 Å². The summed E-state index contributed by atoms with van der Waals surface area (Å²) in [5.74, 6) is -1.22. The van der Waals surface area contributed by atoms with Gasteiger partial charge in [-0.3, -0.25) is 0 Å². The predicted octanol–water partition coefficient (Wildman–Crippen LogP) is 6.59. The molecule has 0 spiro atoms. The molecule has 1 fully saturated rings. The lowest BCUT2D eigenvalue weighted by molar-refractivity contribution is -0.158. The van der Waals surface area contributed by atoms with Crippen LogP contribution in [0.15, 0.2) is 96.1 Å². The Balaban J connectivity index is 1.65. The van der Waals surface area contributed by atoms with Crippen LogP contribution < -0.4 is 9.64 Å². The van der Waals surface area contributed by atoms with Gasteiger partial charge in [0, 0.05) is 11.6 Å². The first-order chi connectivity index (χ1) is 22.1. The molecule has 0 bridgehead atoms. The fourth-order valence-corrected chi connectivity index (χ4v) is 7.23. The van der Waals surface area contributed by atoms with Crippen LogP contribution in [-0.2, 0) is 34.0 Å². The Morgan fingerprint density at radius 2 is 1.41 bits per heavy atom. The van der Waals surface area contributed by atoms with Crippen LogP contribution in [-0.4, -0.2) is 51.4 Å². The normalized spacial score (nSPS) is 23.1. The number of anilines is 1. The van der Waals surface area contributed by atoms with Crippen molar-refractivity contribution in [2.45, 2.75) is 63.6 Å². The SMILES string of the molecule is COC(=O)C1=C(C(=O)OC)C(c2cccc(OC)c2)N(c2ccccc2)C1C(=O)O[C@@H]1C[C@H](C)CC[C@H]1C(C)(C)c1ccccc1. The van der Waals surface area contributed by atoms with Crippen LogP contribution >= 0.6 is 0 Å². The summed E-state index contributed by atoms with van der Waals surface area (Å²) in [6.45, 7) is 6.57. The summed E-state index contributed by atoms with van der Waals surface area (Å²) < 4.78 is 22.5. The molecular formula is C38H43NO7. The first-order valence-electron chi connectivity index (χ1n) is 15.8. The van der Waals surface area contributed by atoms with Gasteiger partial charge in [-0.25, -0.2) is 14.4 Å². The number of carbonyl (C=O) groups excluding carboxylic acids is 3. The summed E-state index contributed by atoms with van der Waals surface area (Å²) >= 11 is 0. The number of hydrogen-bond acceptors (Lipinski definition) is 8. The molecule has 8 nitrogen and oxygen atoms in total. The van der Waals surface area contributed by atoms with Crippen LogP contribution in [0.1, 0.15) is 57.2 Å². The second kappa shape index (κ2) is 13.8. The molecule has 0 saturated heterocycles. The largest absolute Gasteiger partial charge is 0.497 e. The van der Waals surface area contributed by atoms with Crippen molar-refractivity contribution in [2.24, 2.45) is 11.8 Å². The van der Waals surface area contributed by atoms with Gasteiger partial charge >= 0.3 is 17.9 Å². The third kappa shape index (κ3) is 6.26. The Kier molecular flexibility index (Phi) is 9.85. The van der Waals surface area contributed by atoms with Gasteiger partial charge in [-0.15, -0.1) is 0 Å². The average molecular weight is 626 g/mol. The van der Waals surface area contributed by atoms with Crippen LogP contribution in [0.3, 0.4) is 0 Å². The van der Waals surface area contributed by atoms with Crippen LogP contribution in [0.4, 0.5) is 5.69 Å². The second-order valence-electron chi connectivity index (χ2n) is 12.7. The fourth-order valence-electron chi connectivity index (χ4n) is 7.23. The zero-order valence-electron chi connectivity index (χ0n) is 27.4. The summed E-state index contributed by atoms with van der Waals surface area (Å²) in [4.78, 5) is 43.7. The molecule has 1 aliphatic heterocycles. The average Bonchev–Trinajstić information content (AvgIpc) is 3.45. The van der Waals surface area contributed by atoms with E-state index in [1.807, 2.05) is 54.6 Å². The summed E-state index contributed by atoms with van der Waals surface area (Å²) in [7, 11) is 4.04. The topological polar surface area (TPSA) is 91.4 Å². The minimum absolute atomic E-state index is 0.0200. The van der Waals surface area contributed by atoms with E-state index in [0.29, 0.717) is 29.3 Å². The lowest BCUT2D eigenvalue weighted by Gasteiger charge is -2.44. The molecule has 1 heterocycles. The Hall–Kier alpha value is -4.59. The van der Waals surface area contributed by atoms with Gasteiger partial charge in [-0.05, 0) is 59.6 Å². The molecule has 242 valence electrons. The molecule has 0 N–H and O–H groups in total. The number of methoxy groups -OCH3 is 3. The zero-order valence-corrected chi connectivity index (χ0v) is 27.4. The molecular weight excluding hydrogens is 582 g/mol. The highest BCUT2D eigenvalue weighted by Crippen LogP contribution is 2.48. The van der Waals surface area contributed by atoms with Crippen LogP contribution in [0.25, 0.3) is 0 Å². The maximum atomic E-state index is 14.7. The van der Waals surface area contributed by atoms with Crippen LogP contribution in [0.2, 0.25) is 0 Å². The quantitative estimate of drug-likeness (QED) is 0.194. The van der Waals surface area contributed by atoms with Gasteiger partial charge in [0.15, 0.2) is 6.04 Å². The smallest absolute Gasteiger partial charge is 0.337 e. The third-order valence-electron chi connectivity index (χ3n) is 9.66. The lowest BCUT2D eigenvalue weighted by atomic mass is 9.64. The molecule has 5 rings (SSSR count). The molecule has 0 amide bonds. The molecule has 2 unspecified atom stereocenters. The second-order valence-corrected chi connectivity index (χ2v) is 12.7.